The third-order valence-corrected chi connectivity index (χ3v) is 0.924. The molecular formula is C8H16O4. The third kappa shape index (κ3) is 7.50. The van der Waals surface area contributed by atoms with Crippen molar-refractivity contribution in [2.75, 3.05) is 0 Å². The molecule has 12 heavy (non-hydrogen) atoms. The molecule has 0 amide bonds. The fourth-order valence-corrected chi connectivity index (χ4v) is 0.506. The molecule has 0 saturated heterocycles. The van der Waals surface area contributed by atoms with Crippen molar-refractivity contribution in [3.05, 3.63) is 0 Å². The molecular weight excluding hydrogens is 160 g/mol. The number of aliphatic carboxylic acids is 1. The van der Waals surface area contributed by atoms with Crippen molar-refractivity contribution in [2.24, 2.45) is 0 Å². The van der Waals surface area contributed by atoms with Crippen LogP contribution in [0.3, 0.4) is 0 Å². The number of rotatable bonds is 4. The van der Waals surface area contributed by atoms with Gasteiger partial charge in [-0.3, -0.25) is 4.79 Å². The van der Waals surface area contributed by atoms with Crippen molar-refractivity contribution in [1.82, 2.24) is 0 Å². The molecule has 1 atom stereocenters. The second kappa shape index (κ2) is 4.42. The van der Waals surface area contributed by atoms with Crippen molar-refractivity contribution in [2.45, 2.75) is 45.8 Å². The van der Waals surface area contributed by atoms with Crippen LogP contribution in [-0.4, -0.2) is 22.8 Å². The van der Waals surface area contributed by atoms with E-state index in [0.29, 0.717) is 0 Å². The molecule has 1 unspecified atom stereocenters. The van der Waals surface area contributed by atoms with Gasteiger partial charge in [-0.05, 0) is 27.7 Å². The summed E-state index contributed by atoms with van der Waals surface area (Å²) in [7, 11) is 0. The summed E-state index contributed by atoms with van der Waals surface area (Å²) in [6.45, 7) is 7.15. The monoisotopic (exact) mass is 176 g/mol. The van der Waals surface area contributed by atoms with E-state index in [1.165, 1.54) is 0 Å². The minimum atomic E-state index is -0.889. The van der Waals surface area contributed by atoms with Gasteiger partial charge >= 0.3 is 5.97 Å². The average molecular weight is 176 g/mol. The summed E-state index contributed by atoms with van der Waals surface area (Å²) in [5.74, 6) is -0.889. The Morgan fingerprint density at radius 2 is 2.00 bits per heavy atom. The van der Waals surface area contributed by atoms with Crippen molar-refractivity contribution < 1.29 is 19.7 Å². The number of carbonyl (C=O) groups is 1. The molecule has 4 heteroatoms. The van der Waals surface area contributed by atoms with E-state index in [9.17, 15) is 4.79 Å². The van der Waals surface area contributed by atoms with Gasteiger partial charge in [-0.1, -0.05) is 0 Å². The lowest BCUT2D eigenvalue weighted by Crippen LogP contribution is -2.24. The normalized spacial score (nSPS) is 14.3. The largest absolute Gasteiger partial charge is 0.481 e. The zero-order chi connectivity index (χ0) is 9.78. The Balaban J connectivity index is 3.57. The van der Waals surface area contributed by atoms with Crippen LogP contribution in [-0.2, 0) is 14.6 Å². The molecule has 72 valence electrons. The first-order valence-electron chi connectivity index (χ1n) is 3.87. The molecule has 0 aliphatic carbocycles. The Kier molecular flexibility index (Phi) is 4.20. The van der Waals surface area contributed by atoms with Gasteiger partial charge in [0.05, 0.1) is 12.0 Å². The highest BCUT2D eigenvalue weighted by Gasteiger charge is 2.15. The van der Waals surface area contributed by atoms with Gasteiger partial charge in [0.1, 0.15) is 6.10 Å². The van der Waals surface area contributed by atoms with Gasteiger partial charge in [-0.25, -0.2) is 9.78 Å². The Bertz CT molecular complexity index is 148. The molecule has 0 aromatic heterocycles. The molecule has 0 bridgehead atoms. The highest BCUT2D eigenvalue weighted by atomic mass is 17.2. The maximum absolute atomic E-state index is 10.2. The van der Waals surface area contributed by atoms with E-state index in [4.69, 9.17) is 14.9 Å². The second-order valence-corrected chi connectivity index (χ2v) is 3.70. The number of carboxylic acids is 1. The first-order chi connectivity index (χ1) is 5.31. The van der Waals surface area contributed by atoms with Gasteiger partial charge in [-0.2, -0.15) is 0 Å². The fraction of sp³-hybridized carbons (Fsp3) is 0.875. The highest BCUT2D eigenvalue weighted by molar-refractivity contribution is 5.67. The molecule has 0 rings (SSSR count). The van der Waals surface area contributed by atoms with Crippen molar-refractivity contribution in [1.29, 1.82) is 0 Å². The zero-order valence-corrected chi connectivity index (χ0v) is 7.96. The summed E-state index contributed by atoms with van der Waals surface area (Å²) in [4.78, 5) is 20.0. The fourth-order valence-electron chi connectivity index (χ4n) is 0.506. The Hall–Kier alpha value is -0.610. The van der Waals surface area contributed by atoms with Gasteiger partial charge in [0.25, 0.3) is 0 Å². The molecule has 0 aromatic carbocycles. The van der Waals surface area contributed by atoms with Crippen LogP contribution in [0.25, 0.3) is 0 Å². The molecule has 4 nitrogen and oxygen atoms in total. The number of hydrogen-bond acceptors (Lipinski definition) is 3. The molecule has 0 saturated carbocycles. The topological polar surface area (TPSA) is 55.8 Å². The van der Waals surface area contributed by atoms with Crippen LogP contribution >= 0.6 is 0 Å². The van der Waals surface area contributed by atoms with Gasteiger partial charge in [0.2, 0.25) is 0 Å². The van der Waals surface area contributed by atoms with Crippen molar-refractivity contribution >= 4 is 5.97 Å². The Labute approximate surface area is 72.4 Å². The van der Waals surface area contributed by atoms with E-state index < -0.39 is 17.7 Å². The first kappa shape index (κ1) is 11.4. The van der Waals surface area contributed by atoms with Gasteiger partial charge in [-0.15, -0.1) is 0 Å². The summed E-state index contributed by atoms with van der Waals surface area (Å²) in [6, 6.07) is 0. The van der Waals surface area contributed by atoms with Crippen LogP contribution in [0.2, 0.25) is 0 Å². The lowest BCUT2D eigenvalue weighted by Gasteiger charge is -2.20. The summed E-state index contributed by atoms with van der Waals surface area (Å²) < 4.78 is 0. The zero-order valence-electron chi connectivity index (χ0n) is 7.96. The second-order valence-electron chi connectivity index (χ2n) is 3.70. The predicted octanol–water partition coefficient (Wildman–Crippen LogP) is 1.60. The summed E-state index contributed by atoms with van der Waals surface area (Å²) >= 11 is 0. The minimum Gasteiger partial charge on any atom is -0.481 e. The highest BCUT2D eigenvalue weighted by Crippen LogP contribution is 2.10. The minimum absolute atomic E-state index is 0.0456. The molecule has 0 aliphatic rings. The maximum Gasteiger partial charge on any atom is 0.306 e. The van der Waals surface area contributed by atoms with Crippen molar-refractivity contribution in [3.63, 3.8) is 0 Å². The molecule has 0 aromatic rings. The van der Waals surface area contributed by atoms with E-state index in [0.717, 1.165) is 0 Å². The molecule has 0 spiro atoms. The summed E-state index contributed by atoms with van der Waals surface area (Å²) in [5, 5.41) is 8.38. The Morgan fingerprint density at radius 1 is 1.50 bits per heavy atom. The molecule has 1 N–H and O–H groups in total. The van der Waals surface area contributed by atoms with Crippen LogP contribution in [0.15, 0.2) is 0 Å². The average Bonchev–Trinajstić information content (AvgIpc) is 1.80. The predicted molar refractivity (Wildman–Crippen MR) is 43.6 cm³/mol. The molecule has 0 heterocycles. The Morgan fingerprint density at radius 3 is 2.33 bits per heavy atom. The molecule has 0 aliphatic heterocycles. The first-order valence-corrected chi connectivity index (χ1v) is 3.87. The maximum atomic E-state index is 10.2. The standard InChI is InChI=1S/C8H16O4/c1-6(5-7(9)10)11-12-8(2,3)4/h6H,5H2,1-4H3,(H,9,10). The SMILES string of the molecule is CC(CC(=O)O)OOC(C)(C)C. The van der Waals surface area contributed by atoms with E-state index in [1.807, 2.05) is 20.8 Å². The quantitative estimate of drug-likeness (QED) is 0.522. The summed E-state index contributed by atoms with van der Waals surface area (Å²) in [6.07, 6.45) is -0.461. The molecule has 0 fully saturated rings. The van der Waals surface area contributed by atoms with Crippen LogP contribution in [0.5, 0.6) is 0 Å². The van der Waals surface area contributed by atoms with Gasteiger partial charge in [0, 0.05) is 0 Å². The van der Waals surface area contributed by atoms with E-state index >= 15 is 0 Å². The number of hydrogen-bond donors (Lipinski definition) is 1. The van der Waals surface area contributed by atoms with Gasteiger partial charge < -0.3 is 5.11 Å². The third-order valence-electron chi connectivity index (χ3n) is 0.924. The number of carboxylic acid groups (broad SMARTS) is 1. The van der Waals surface area contributed by atoms with E-state index in [2.05, 4.69) is 0 Å². The van der Waals surface area contributed by atoms with Crippen LogP contribution in [0.1, 0.15) is 34.1 Å². The smallest absolute Gasteiger partial charge is 0.306 e. The van der Waals surface area contributed by atoms with E-state index in [-0.39, 0.29) is 6.42 Å². The van der Waals surface area contributed by atoms with Crippen LogP contribution in [0, 0.1) is 0 Å². The lowest BCUT2D eigenvalue weighted by atomic mass is 10.2. The van der Waals surface area contributed by atoms with Gasteiger partial charge in [0.15, 0.2) is 0 Å². The van der Waals surface area contributed by atoms with E-state index in [1.54, 1.807) is 6.92 Å². The summed E-state index contributed by atoms with van der Waals surface area (Å²) in [5.41, 5.74) is -0.396. The lowest BCUT2D eigenvalue weighted by molar-refractivity contribution is -0.369. The van der Waals surface area contributed by atoms with Crippen LogP contribution < -0.4 is 0 Å². The molecule has 0 radical (unpaired) electrons. The van der Waals surface area contributed by atoms with Crippen LogP contribution in [0.4, 0.5) is 0 Å². The van der Waals surface area contributed by atoms with Crippen molar-refractivity contribution in [3.8, 4) is 0 Å².